The fourth-order valence-electron chi connectivity index (χ4n) is 3.93. The summed E-state index contributed by atoms with van der Waals surface area (Å²) in [5.74, 6) is -0.159. The highest BCUT2D eigenvalue weighted by atomic mass is 19.1. The molecule has 1 saturated heterocycles. The van der Waals surface area contributed by atoms with Crippen LogP contribution in [-0.4, -0.2) is 33.2 Å². The molecule has 5 nitrogen and oxygen atoms in total. The summed E-state index contributed by atoms with van der Waals surface area (Å²) in [4.78, 5) is 13.9. The molecular formula is C23H25FN4O. The lowest BCUT2D eigenvalue weighted by molar-refractivity contribution is -0.119. The Bertz CT molecular complexity index is 986. The van der Waals surface area contributed by atoms with Gasteiger partial charge in [-0.1, -0.05) is 42.5 Å². The van der Waals surface area contributed by atoms with Gasteiger partial charge in [-0.05, 0) is 24.1 Å². The highest BCUT2D eigenvalue weighted by Crippen LogP contribution is 2.26. The third-order valence-electron chi connectivity index (χ3n) is 5.24. The molecule has 0 bridgehead atoms. The minimum Gasteiger partial charge on any atom is -0.352 e. The second-order valence-corrected chi connectivity index (χ2v) is 7.61. The van der Waals surface area contributed by atoms with Gasteiger partial charge < -0.3 is 5.32 Å². The standard InChI is InChI=1S/C23H25FN4O/c1-27-14-18(23(26-27)20-9-5-6-10-21(20)24)15-28(13-17-7-3-2-4-8-17)16-19-11-12-22(29)25-19/h2-10,14,19H,11-13,15-16H2,1H3,(H,25,29)/t19-/m0/s1. The van der Waals surface area contributed by atoms with Crippen molar-refractivity contribution in [2.24, 2.45) is 7.05 Å². The minimum atomic E-state index is -0.273. The molecule has 2 aromatic carbocycles. The Labute approximate surface area is 170 Å². The van der Waals surface area contributed by atoms with Gasteiger partial charge >= 0.3 is 0 Å². The van der Waals surface area contributed by atoms with Crippen molar-refractivity contribution in [3.8, 4) is 11.3 Å². The zero-order chi connectivity index (χ0) is 20.2. The van der Waals surface area contributed by atoms with E-state index in [2.05, 4.69) is 27.4 Å². The first-order chi connectivity index (χ1) is 14.1. The molecule has 1 aromatic heterocycles. The molecule has 4 rings (SSSR count). The molecule has 0 saturated carbocycles. The molecular weight excluding hydrogens is 367 g/mol. The summed E-state index contributed by atoms with van der Waals surface area (Å²) in [6.07, 6.45) is 3.38. The number of carbonyl (C=O) groups is 1. The molecule has 1 aliphatic rings. The van der Waals surface area contributed by atoms with Crippen molar-refractivity contribution in [3.63, 3.8) is 0 Å². The second-order valence-electron chi connectivity index (χ2n) is 7.61. The van der Waals surface area contributed by atoms with Crippen LogP contribution in [0.25, 0.3) is 11.3 Å². The molecule has 150 valence electrons. The average Bonchev–Trinajstić information content (AvgIpc) is 3.28. The van der Waals surface area contributed by atoms with Gasteiger partial charge in [-0.3, -0.25) is 14.4 Å². The highest BCUT2D eigenvalue weighted by molar-refractivity contribution is 5.78. The summed E-state index contributed by atoms with van der Waals surface area (Å²) in [6.45, 7) is 2.11. The van der Waals surface area contributed by atoms with Gasteiger partial charge in [-0.2, -0.15) is 5.10 Å². The van der Waals surface area contributed by atoms with Crippen molar-refractivity contribution in [1.29, 1.82) is 0 Å². The summed E-state index contributed by atoms with van der Waals surface area (Å²) in [5, 5.41) is 7.58. The van der Waals surface area contributed by atoms with E-state index in [0.29, 0.717) is 24.2 Å². The lowest BCUT2D eigenvalue weighted by Crippen LogP contribution is -2.38. The van der Waals surface area contributed by atoms with E-state index in [1.54, 1.807) is 16.8 Å². The number of rotatable bonds is 7. The van der Waals surface area contributed by atoms with Crippen LogP contribution in [0.4, 0.5) is 4.39 Å². The SMILES string of the molecule is Cn1cc(CN(Cc2ccccc2)C[C@@H]2CCC(=O)N2)c(-c2ccccc2F)n1. The van der Waals surface area contributed by atoms with Crippen LogP contribution in [0, 0.1) is 5.82 Å². The molecule has 29 heavy (non-hydrogen) atoms. The Balaban J connectivity index is 1.60. The minimum absolute atomic E-state index is 0.114. The van der Waals surface area contributed by atoms with Crippen molar-refractivity contribution in [3.05, 3.63) is 77.7 Å². The first-order valence-electron chi connectivity index (χ1n) is 9.91. The zero-order valence-electron chi connectivity index (χ0n) is 16.5. The van der Waals surface area contributed by atoms with Gasteiger partial charge in [0.15, 0.2) is 0 Å². The molecule has 1 atom stereocenters. The number of halogens is 1. The topological polar surface area (TPSA) is 50.2 Å². The fourth-order valence-corrected chi connectivity index (χ4v) is 3.93. The Morgan fingerprint density at radius 1 is 1.14 bits per heavy atom. The van der Waals surface area contributed by atoms with Crippen molar-refractivity contribution >= 4 is 5.91 Å². The number of nitrogens with zero attached hydrogens (tertiary/aromatic N) is 3. The van der Waals surface area contributed by atoms with Crippen LogP contribution in [0.5, 0.6) is 0 Å². The van der Waals surface area contributed by atoms with Crippen LogP contribution in [0.3, 0.4) is 0 Å². The number of hydrogen-bond acceptors (Lipinski definition) is 3. The highest BCUT2D eigenvalue weighted by Gasteiger charge is 2.24. The predicted octanol–water partition coefficient (Wildman–Crippen LogP) is 3.51. The van der Waals surface area contributed by atoms with E-state index in [1.807, 2.05) is 37.5 Å². The molecule has 0 unspecified atom stereocenters. The van der Waals surface area contributed by atoms with Gasteiger partial charge in [-0.25, -0.2) is 4.39 Å². The smallest absolute Gasteiger partial charge is 0.220 e. The quantitative estimate of drug-likeness (QED) is 0.670. The van der Waals surface area contributed by atoms with Crippen molar-refractivity contribution in [1.82, 2.24) is 20.0 Å². The van der Waals surface area contributed by atoms with E-state index in [1.165, 1.54) is 11.6 Å². The third-order valence-corrected chi connectivity index (χ3v) is 5.24. The molecule has 0 radical (unpaired) electrons. The molecule has 1 fully saturated rings. The van der Waals surface area contributed by atoms with E-state index < -0.39 is 0 Å². The van der Waals surface area contributed by atoms with Gasteiger partial charge in [0.2, 0.25) is 5.91 Å². The van der Waals surface area contributed by atoms with Crippen molar-refractivity contribution in [2.45, 2.75) is 32.0 Å². The average molecular weight is 392 g/mol. The molecule has 0 spiro atoms. The second kappa shape index (κ2) is 8.57. The van der Waals surface area contributed by atoms with Gasteiger partial charge in [0.05, 0.1) is 5.69 Å². The number of aryl methyl sites for hydroxylation is 1. The lowest BCUT2D eigenvalue weighted by Gasteiger charge is -2.25. The number of aromatic nitrogens is 2. The molecule has 3 aromatic rings. The van der Waals surface area contributed by atoms with Crippen LogP contribution in [-0.2, 0) is 24.9 Å². The third kappa shape index (κ3) is 4.71. The maximum absolute atomic E-state index is 14.4. The molecule has 6 heteroatoms. The van der Waals surface area contributed by atoms with Gasteiger partial charge in [0, 0.05) is 56.5 Å². The molecule has 1 N–H and O–H groups in total. The first-order valence-corrected chi connectivity index (χ1v) is 9.91. The summed E-state index contributed by atoms with van der Waals surface area (Å²) < 4.78 is 16.1. The number of hydrogen-bond donors (Lipinski definition) is 1. The zero-order valence-corrected chi connectivity index (χ0v) is 16.5. The Kier molecular flexibility index (Phi) is 5.71. The Hall–Kier alpha value is -2.99. The maximum atomic E-state index is 14.4. The van der Waals surface area contributed by atoms with Crippen LogP contribution in [0.1, 0.15) is 24.0 Å². The summed E-state index contributed by atoms with van der Waals surface area (Å²) in [6, 6.07) is 17.1. The van der Waals surface area contributed by atoms with Crippen molar-refractivity contribution in [2.75, 3.05) is 6.54 Å². The van der Waals surface area contributed by atoms with Gasteiger partial charge in [0.25, 0.3) is 0 Å². The number of benzene rings is 2. The van der Waals surface area contributed by atoms with E-state index in [4.69, 9.17) is 0 Å². The Morgan fingerprint density at radius 3 is 2.62 bits per heavy atom. The molecule has 1 amide bonds. The summed E-state index contributed by atoms with van der Waals surface area (Å²) in [5.41, 5.74) is 3.35. The number of carbonyl (C=O) groups excluding carboxylic acids is 1. The molecule has 0 aliphatic carbocycles. The lowest BCUT2D eigenvalue weighted by atomic mass is 10.1. The van der Waals surface area contributed by atoms with Crippen LogP contribution < -0.4 is 5.32 Å². The first kappa shape index (κ1) is 19.3. The van der Waals surface area contributed by atoms with Crippen LogP contribution in [0.2, 0.25) is 0 Å². The van der Waals surface area contributed by atoms with E-state index in [-0.39, 0.29) is 17.8 Å². The van der Waals surface area contributed by atoms with E-state index in [9.17, 15) is 9.18 Å². The maximum Gasteiger partial charge on any atom is 0.220 e. The molecule has 2 heterocycles. The molecule has 1 aliphatic heterocycles. The van der Waals surface area contributed by atoms with E-state index in [0.717, 1.165) is 25.1 Å². The van der Waals surface area contributed by atoms with E-state index >= 15 is 0 Å². The Morgan fingerprint density at radius 2 is 1.90 bits per heavy atom. The number of nitrogens with one attached hydrogen (secondary N) is 1. The predicted molar refractivity (Wildman–Crippen MR) is 110 cm³/mol. The summed E-state index contributed by atoms with van der Waals surface area (Å²) >= 11 is 0. The largest absolute Gasteiger partial charge is 0.352 e. The number of amides is 1. The fraction of sp³-hybridized carbons (Fsp3) is 0.304. The monoisotopic (exact) mass is 392 g/mol. The van der Waals surface area contributed by atoms with Crippen LogP contribution in [0.15, 0.2) is 60.8 Å². The summed E-state index contributed by atoms with van der Waals surface area (Å²) in [7, 11) is 1.85. The normalized spacial score (nSPS) is 16.4. The van der Waals surface area contributed by atoms with Gasteiger partial charge in [-0.15, -0.1) is 0 Å². The van der Waals surface area contributed by atoms with Gasteiger partial charge in [0.1, 0.15) is 5.82 Å². The van der Waals surface area contributed by atoms with Crippen molar-refractivity contribution < 1.29 is 9.18 Å². The van der Waals surface area contributed by atoms with Crippen LogP contribution >= 0.6 is 0 Å².